The Hall–Kier alpha value is -0.210. The van der Waals surface area contributed by atoms with Gasteiger partial charge < -0.3 is 13.8 Å². The maximum Gasteiger partial charge on any atom is 0.217 e. The SMILES string of the molecule is CC(C)[N+]1(C)CCOCC1.COS(=O)(=O)[O-]. The van der Waals surface area contributed by atoms with Crippen molar-refractivity contribution in [3.63, 3.8) is 0 Å². The average molecular weight is 255 g/mol. The van der Waals surface area contributed by atoms with E-state index >= 15 is 0 Å². The number of ether oxygens (including phenoxy) is 1. The Kier molecular flexibility index (Phi) is 6.42. The zero-order valence-electron chi connectivity index (χ0n) is 10.3. The average Bonchev–Trinajstić information content (AvgIpc) is 2.18. The molecule has 0 aromatic heterocycles. The Labute approximate surface area is 97.7 Å². The Morgan fingerprint density at radius 2 is 1.69 bits per heavy atom. The third-order valence-electron chi connectivity index (χ3n) is 2.94. The minimum Gasteiger partial charge on any atom is -0.726 e. The van der Waals surface area contributed by atoms with Crippen LogP contribution in [0.2, 0.25) is 0 Å². The van der Waals surface area contributed by atoms with Crippen LogP contribution in [0.3, 0.4) is 0 Å². The van der Waals surface area contributed by atoms with Gasteiger partial charge in [-0.1, -0.05) is 0 Å². The number of rotatable bonds is 2. The van der Waals surface area contributed by atoms with Crippen molar-refractivity contribution in [2.45, 2.75) is 19.9 Å². The van der Waals surface area contributed by atoms with E-state index in [1.165, 1.54) is 17.6 Å². The van der Waals surface area contributed by atoms with Gasteiger partial charge in [-0.2, -0.15) is 0 Å². The molecule has 0 aromatic carbocycles. The van der Waals surface area contributed by atoms with Crippen LogP contribution in [0.5, 0.6) is 0 Å². The summed E-state index contributed by atoms with van der Waals surface area (Å²) in [5.41, 5.74) is 0. The number of nitrogens with zero attached hydrogens (tertiary/aromatic N) is 1. The van der Waals surface area contributed by atoms with Gasteiger partial charge in [0.2, 0.25) is 10.4 Å². The highest BCUT2D eigenvalue weighted by molar-refractivity contribution is 7.80. The number of likely N-dealkylation sites (N-methyl/N-ethyl adjacent to an activating group) is 1. The molecule has 0 spiro atoms. The van der Waals surface area contributed by atoms with Crippen LogP contribution in [-0.4, -0.2) is 64.0 Å². The number of quaternary nitrogens is 1. The normalized spacial score (nSPS) is 20.1. The van der Waals surface area contributed by atoms with Crippen LogP contribution in [0.15, 0.2) is 0 Å². The van der Waals surface area contributed by atoms with E-state index in [0.717, 1.165) is 26.4 Å². The van der Waals surface area contributed by atoms with Crippen LogP contribution in [-0.2, 0) is 19.3 Å². The molecular formula is C9H21NO5S. The van der Waals surface area contributed by atoms with Crippen molar-refractivity contribution >= 4 is 10.4 Å². The second kappa shape index (κ2) is 6.51. The molecule has 1 heterocycles. The van der Waals surface area contributed by atoms with Gasteiger partial charge in [-0.3, -0.25) is 4.18 Å². The summed E-state index contributed by atoms with van der Waals surface area (Å²) >= 11 is 0. The van der Waals surface area contributed by atoms with Crippen molar-refractivity contribution in [2.24, 2.45) is 0 Å². The van der Waals surface area contributed by atoms with Gasteiger partial charge in [-0.05, 0) is 13.8 Å². The molecule has 1 aliphatic heterocycles. The minimum atomic E-state index is -4.41. The minimum absolute atomic E-state index is 0.740. The molecule has 0 amide bonds. The molecule has 0 aromatic rings. The topological polar surface area (TPSA) is 75.7 Å². The molecule has 1 rings (SSSR count). The molecule has 0 saturated carbocycles. The molecule has 0 radical (unpaired) electrons. The summed E-state index contributed by atoms with van der Waals surface area (Å²) in [6, 6.07) is 0.740. The van der Waals surface area contributed by atoms with Crippen molar-refractivity contribution in [1.29, 1.82) is 0 Å². The van der Waals surface area contributed by atoms with Gasteiger partial charge in [0.05, 0.1) is 33.4 Å². The van der Waals surface area contributed by atoms with Crippen molar-refractivity contribution < 1.29 is 26.4 Å². The van der Waals surface area contributed by atoms with Gasteiger partial charge in [0.1, 0.15) is 13.1 Å². The Balaban J connectivity index is 0.000000325. The second-order valence-electron chi connectivity index (χ2n) is 4.21. The van der Waals surface area contributed by atoms with Crippen LogP contribution in [0, 0.1) is 0 Å². The summed E-state index contributed by atoms with van der Waals surface area (Å²) in [5, 5.41) is 0. The molecular weight excluding hydrogens is 234 g/mol. The van der Waals surface area contributed by atoms with E-state index in [9.17, 15) is 13.0 Å². The van der Waals surface area contributed by atoms with Gasteiger partial charge >= 0.3 is 0 Å². The lowest BCUT2D eigenvalue weighted by Gasteiger charge is -2.41. The summed E-state index contributed by atoms with van der Waals surface area (Å²) in [7, 11) is -1.29. The predicted molar refractivity (Wildman–Crippen MR) is 58.6 cm³/mol. The van der Waals surface area contributed by atoms with Crippen LogP contribution < -0.4 is 0 Å². The number of morpholine rings is 1. The zero-order chi connectivity index (χ0) is 12.8. The van der Waals surface area contributed by atoms with Gasteiger partial charge in [-0.25, -0.2) is 8.42 Å². The molecule has 7 heteroatoms. The van der Waals surface area contributed by atoms with Crippen molar-refractivity contribution in [1.82, 2.24) is 0 Å². The fourth-order valence-electron chi connectivity index (χ4n) is 1.28. The van der Waals surface area contributed by atoms with E-state index in [-0.39, 0.29) is 0 Å². The van der Waals surface area contributed by atoms with E-state index in [4.69, 9.17) is 4.74 Å². The highest BCUT2D eigenvalue weighted by Gasteiger charge is 2.27. The van der Waals surface area contributed by atoms with E-state index in [1.54, 1.807) is 0 Å². The lowest BCUT2D eigenvalue weighted by atomic mass is 10.2. The van der Waals surface area contributed by atoms with E-state index in [1.807, 2.05) is 0 Å². The molecule has 1 fully saturated rings. The first-order valence-electron chi connectivity index (χ1n) is 5.14. The Bertz CT molecular complexity index is 282. The molecule has 0 atom stereocenters. The lowest BCUT2D eigenvalue weighted by Crippen LogP contribution is -2.56. The second-order valence-corrected chi connectivity index (χ2v) is 5.36. The van der Waals surface area contributed by atoms with Crippen LogP contribution in [0.1, 0.15) is 13.8 Å². The molecule has 0 N–H and O–H groups in total. The quantitative estimate of drug-likeness (QED) is 0.393. The fourth-order valence-corrected chi connectivity index (χ4v) is 1.28. The maximum absolute atomic E-state index is 9.22. The number of hydrogen-bond donors (Lipinski definition) is 0. The van der Waals surface area contributed by atoms with E-state index < -0.39 is 10.4 Å². The highest BCUT2D eigenvalue weighted by Crippen LogP contribution is 2.12. The third kappa shape index (κ3) is 6.39. The zero-order valence-corrected chi connectivity index (χ0v) is 11.1. The third-order valence-corrected chi connectivity index (χ3v) is 3.35. The highest BCUT2D eigenvalue weighted by atomic mass is 32.3. The van der Waals surface area contributed by atoms with Crippen LogP contribution in [0.25, 0.3) is 0 Å². The molecule has 16 heavy (non-hydrogen) atoms. The Morgan fingerprint density at radius 1 is 1.31 bits per heavy atom. The van der Waals surface area contributed by atoms with Crippen LogP contribution >= 0.6 is 0 Å². The maximum atomic E-state index is 9.22. The monoisotopic (exact) mass is 255 g/mol. The lowest BCUT2D eigenvalue weighted by molar-refractivity contribution is -0.936. The van der Waals surface area contributed by atoms with Gasteiger partial charge in [-0.15, -0.1) is 0 Å². The summed E-state index contributed by atoms with van der Waals surface area (Å²) in [5.74, 6) is 0. The van der Waals surface area contributed by atoms with Crippen molar-refractivity contribution in [3.8, 4) is 0 Å². The van der Waals surface area contributed by atoms with E-state index in [0.29, 0.717) is 0 Å². The molecule has 98 valence electrons. The first kappa shape index (κ1) is 15.8. The smallest absolute Gasteiger partial charge is 0.217 e. The summed E-state index contributed by atoms with van der Waals surface area (Å²) in [6.45, 7) is 8.80. The molecule has 1 saturated heterocycles. The first-order chi connectivity index (χ1) is 7.21. The van der Waals surface area contributed by atoms with Gasteiger partial charge in [0, 0.05) is 0 Å². The molecule has 6 nitrogen and oxygen atoms in total. The van der Waals surface area contributed by atoms with Gasteiger partial charge in [0.15, 0.2) is 0 Å². The van der Waals surface area contributed by atoms with Crippen molar-refractivity contribution in [2.75, 3.05) is 40.5 Å². The summed E-state index contributed by atoms with van der Waals surface area (Å²) in [4.78, 5) is 0. The molecule has 0 aliphatic carbocycles. The fraction of sp³-hybridized carbons (Fsp3) is 1.00. The van der Waals surface area contributed by atoms with Gasteiger partial charge in [0.25, 0.3) is 0 Å². The van der Waals surface area contributed by atoms with E-state index in [2.05, 4.69) is 25.1 Å². The number of hydrogen-bond acceptors (Lipinski definition) is 5. The predicted octanol–water partition coefficient (Wildman–Crippen LogP) is -0.0354. The molecule has 0 bridgehead atoms. The summed E-state index contributed by atoms with van der Waals surface area (Å²) in [6.07, 6.45) is 0. The van der Waals surface area contributed by atoms with Crippen molar-refractivity contribution in [3.05, 3.63) is 0 Å². The summed E-state index contributed by atoms with van der Waals surface area (Å²) < 4.78 is 37.5. The Morgan fingerprint density at radius 3 is 1.88 bits per heavy atom. The molecule has 0 unspecified atom stereocenters. The molecule has 1 aliphatic rings. The first-order valence-corrected chi connectivity index (χ1v) is 6.48. The van der Waals surface area contributed by atoms with Crippen LogP contribution in [0.4, 0.5) is 0 Å². The largest absolute Gasteiger partial charge is 0.726 e. The standard InChI is InChI=1S/C8H18NO.CH4O4S/c1-8(2)9(3)4-6-10-7-5-9;1-5-6(2,3)4/h8H,4-7H2,1-3H3;1H3,(H,2,3,4)/q+1;/p-1.